The zero-order valence-electron chi connectivity index (χ0n) is 9.93. The Morgan fingerprint density at radius 2 is 1.82 bits per heavy atom. The van der Waals surface area contributed by atoms with Crippen LogP contribution >= 0.6 is 0 Å². The lowest BCUT2D eigenvalue weighted by Gasteiger charge is -2.13. The van der Waals surface area contributed by atoms with E-state index in [1.165, 1.54) is 5.56 Å². The number of aryl methyl sites for hydroxylation is 1. The quantitative estimate of drug-likeness (QED) is 0.846. The van der Waals surface area contributed by atoms with Crippen LogP contribution in [0.15, 0.2) is 48.5 Å². The van der Waals surface area contributed by atoms with E-state index in [2.05, 4.69) is 12.1 Å². The van der Waals surface area contributed by atoms with Gasteiger partial charge in [-0.1, -0.05) is 42.5 Å². The Labute approximate surface area is 102 Å². The Balaban J connectivity index is 2.14. The first-order chi connectivity index (χ1) is 8.16. The zero-order chi connectivity index (χ0) is 12.3. The molecular formula is C15H17NO. The maximum Gasteiger partial charge on any atom is 0.118 e. The molecule has 2 nitrogen and oxygen atoms in total. The van der Waals surface area contributed by atoms with Gasteiger partial charge >= 0.3 is 0 Å². The second kappa shape index (κ2) is 5.02. The van der Waals surface area contributed by atoms with Crippen molar-refractivity contribution in [3.05, 3.63) is 65.2 Å². The molecule has 0 saturated carbocycles. The van der Waals surface area contributed by atoms with E-state index >= 15 is 0 Å². The second-order valence-corrected chi connectivity index (χ2v) is 4.34. The minimum absolute atomic E-state index is 0.0308. The van der Waals surface area contributed by atoms with E-state index in [0.717, 1.165) is 17.5 Å². The van der Waals surface area contributed by atoms with Gasteiger partial charge in [0, 0.05) is 6.04 Å². The van der Waals surface area contributed by atoms with Crippen LogP contribution in [-0.4, -0.2) is 5.11 Å². The third kappa shape index (κ3) is 2.86. The van der Waals surface area contributed by atoms with Crippen LogP contribution in [0.25, 0.3) is 0 Å². The third-order valence-corrected chi connectivity index (χ3v) is 2.95. The fourth-order valence-electron chi connectivity index (χ4n) is 1.90. The normalized spacial score (nSPS) is 12.4. The number of aromatic hydroxyl groups is 1. The minimum atomic E-state index is -0.0308. The van der Waals surface area contributed by atoms with E-state index < -0.39 is 0 Å². The molecule has 3 N–H and O–H groups in total. The van der Waals surface area contributed by atoms with Crippen molar-refractivity contribution in [3.8, 4) is 5.75 Å². The Hall–Kier alpha value is -1.80. The van der Waals surface area contributed by atoms with Crippen LogP contribution < -0.4 is 5.73 Å². The first kappa shape index (κ1) is 11.7. The first-order valence-corrected chi connectivity index (χ1v) is 5.76. The molecule has 0 aromatic heterocycles. The summed E-state index contributed by atoms with van der Waals surface area (Å²) >= 11 is 0. The number of hydrogen-bond acceptors (Lipinski definition) is 2. The average molecular weight is 227 g/mol. The van der Waals surface area contributed by atoms with Crippen molar-refractivity contribution in [3.63, 3.8) is 0 Å². The predicted octanol–water partition coefficient (Wildman–Crippen LogP) is 2.94. The molecule has 0 bridgehead atoms. The molecule has 1 atom stereocenters. The van der Waals surface area contributed by atoms with E-state index in [1.54, 1.807) is 6.07 Å². The number of phenols is 1. The number of hydrogen-bond donors (Lipinski definition) is 2. The van der Waals surface area contributed by atoms with Crippen molar-refractivity contribution in [2.75, 3.05) is 0 Å². The third-order valence-electron chi connectivity index (χ3n) is 2.95. The summed E-state index contributed by atoms with van der Waals surface area (Å²) in [6.07, 6.45) is 0.811. The predicted molar refractivity (Wildman–Crippen MR) is 69.9 cm³/mol. The van der Waals surface area contributed by atoms with Crippen LogP contribution in [0.5, 0.6) is 5.75 Å². The number of benzene rings is 2. The van der Waals surface area contributed by atoms with Gasteiger partial charge in [0.05, 0.1) is 0 Å². The van der Waals surface area contributed by atoms with Crippen LogP contribution in [0.2, 0.25) is 0 Å². The molecule has 0 aliphatic rings. The van der Waals surface area contributed by atoms with Crippen LogP contribution in [0.3, 0.4) is 0 Å². The monoisotopic (exact) mass is 227 g/mol. The molecule has 0 aliphatic carbocycles. The number of rotatable bonds is 3. The Morgan fingerprint density at radius 1 is 1.12 bits per heavy atom. The van der Waals surface area contributed by atoms with Gasteiger partial charge in [-0.25, -0.2) is 0 Å². The molecule has 2 rings (SSSR count). The van der Waals surface area contributed by atoms with Crippen molar-refractivity contribution in [1.82, 2.24) is 0 Å². The molecule has 0 aliphatic heterocycles. The highest BCUT2D eigenvalue weighted by molar-refractivity contribution is 5.36. The summed E-state index contributed by atoms with van der Waals surface area (Å²) in [5.41, 5.74) is 9.32. The highest BCUT2D eigenvalue weighted by Gasteiger charge is 2.08. The summed E-state index contributed by atoms with van der Waals surface area (Å²) in [6, 6.07) is 15.7. The fraction of sp³-hybridized carbons (Fsp3) is 0.200. The summed E-state index contributed by atoms with van der Waals surface area (Å²) in [4.78, 5) is 0. The van der Waals surface area contributed by atoms with Crippen molar-refractivity contribution in [2.24, 2.45) is 5.73 Å². The van der Waals surface area contributed by atoms with E-state index in [0.29, 0.717) is 5.75 Å². The highest BCUT2D eigenvalue weighted by Crippen LogP contribution is 2.22. The molecule has 2 aromatic rings. The van der Waals surface area contributed by atoms with Gasteiger partial charge in [-0.15, -0.1) is 0 Å². The number of phenolic OH excluding ortho intramolecular Hbond substituents is 1. The van der Waals surface area contributed by atoms with Crippen molar-refractivity contribution >= 4 is 0 Å². The smallest absolute Gasteiger partial charge is 0.118 e. The molecular weight excluding hydrogens is 210 g/mol. The van der Waals surface area contributed by atoms with E-state index in [4.69, 9.17) is 5.73 Å². The van der Waals surface area contributed by atoms with Crippen LogP contribution in [0.1, 0.15) is 22.7 Å². The van der Waals surface area contributed by atoms with Gasteiger partial charge in [-0.05, 0) is 36.1 Å². The molecule has 0 fully saturated rings. The van der Waals surface area contributed by atoms with Crippen molar-refractivity contribution < 1.29 is 5.11 Å². The fourth-order valence-corrected chi connectivity index (χ4v) is 1.90. The summed E-state index contributed by atoms with van der Waals surface area (Å²) in [5.74, 6) is 0.320. The molecule has 0 amide bonds. The summed E-state index contributed by atoms with van der Waals surface area (Å²) < 4.78 is 0. The van der Waals surface area contributed by atoms with Crippen LogP contribution in [0, 0.1) is 6.92 Å². The molecule has 2 heteroatoms. The first-order valence-electron chi connectivity index (χ1n) is 5.76. The maximum absolute atomic E-state index is 9.47. The molecule has 2 aromatic carbocycles. The Kier molecular flexibility index (Phi) is 3.45. The molecule has 0 heterocycles. The standard InChI is InChI=1S/C15H17NO/c1-11-9-13(7-8-15(11)17)14(16)10-12-5-3-2-4-6-12/h2-9,14,17H,10,16H2,1H3/t14-/m0/s1. The number of nitrogens with two attached hydrogens (primary N) is 1. The largest absolute Gasteiger partial charge is 0.508 e. The highest BCUT2D eigenvalue weighted by atomic mass is 16.3. The lowest BCUT2D eigenvalue weighted by Crippen LogP contribution is -2.13. The second-order valence-electron chi connectivity index (χ2n) is 4.34. The van der Waals surface area contributed by atoms with Crippen molar-refractivity contribution in [1.29, 1.82) is 0 Å². The molecule has 0 radical (unpaired) electrons. The minimum Gasteiger partial charge on any atom is -0.508 e. The summed E-state index contributed by atoms with van der Waals surface area (Å²) in [7, 11) is 0. The molecule has 0 saturated heterocycles. The summed E-state index contributed by atoms with van der Waals surface area (Å²) in [5, 5.41) is 9.47. The maximum atomic E-state index is 9.47. The van der Waals surface area contributed by atoms with Gasteiger partial charge in [-0.3, -0.25) is 0 Å². The molecule has 88 valence electrons. The molecule has 17 heavy (non-hydrogen) atoms. The van der Waals surface area contributed by atoms with Gasteiger partial charge in [0.1, 0.15) is 5.75 Å². The van der Waals surface area contributed by atoms with Gasteiger partial charge < -0.3 is 10.8 Å². The van der Waals surface area contributed by atoms with E-state index in [-0.39, 0.29) is 6.04 Å². The van der Waals surface area contributed by atoms with Gasteiger partial charge in [0.15, 0.2) is 0 Å². The van der Waals surface area contributed by atoms with Gasteiger partial charge in [0.2, 0.25) is 0 Å². The van der Waals surface area contributed by atoms with Crippen LogP contribution in [-0.2, 0) is 6.42 Å². The topological polar surface area (TPSA) is 46.2 Å². The van der Waals surface area contributed by atoms with Crippen LogP contribution in [0.4, 0.5) is 0 Å². The lowest BCUT2D eigenvalue weighted by molar-refractivity contribution is 0.470. The molecule has 0 spiro atoms. The van der Waals surface area contributed by atoms with Crippen molar-refractivity contribution in [2.45, 2.75) is 19.4 Å². The van der Waals surface area contributed by atoms with Gasteiger partial charge in [0.25, 0.3) is 0 Å². The SMILES string of the molecule is Cc1cc([C@@H](N)Cc2ccccc2)ccc1O. The van der Waals surface area contributed by atoms with E-state index in [9.17, 15) is 5.11 Å². The van der Waals surface area contributed by atoms with E-state index in [1.807, 2.05) is 37.3 Å². The Bertz CT molecular complexity index is 494. The zero-order valence-corrected chi connectivity index (χ0v) is 9.93. The molecule has 0 unspecified atom stereocenters. The van der Waals surface area contributed by atoms with Gasteiger partial charge in [-0.2, -0.15) is 0 Å². The lowest BCUT2D eigenvalue weighted by atomic mass is 9.98. The average Bonchev–Trinajstić information content (AvgIpc) is 2.34. The summed E-state index contributed by atoms with van der Waals surface area (Å²) in [6.45, 7) is 1.88. The Morgan fingerprint density at radius 3 is 2.47 bits per heavy atom.